The van der Waals surface area contributed by atoms with Crippen LogP contribution in [-0.4, -0.2) is 134 Å². The van der Waals surface area contributed by atoms with Crippen LogP contribution in [0.25, 0.3) is 33.4 Å². The van der Waals surface area contributed by atoms with Gasteiger partial charge in [-0.05, 0) is 102 Å². The van der Waals surface area contributed by atoms with Crippen molar-refractivity contribution < 1.29 is 100 Å². The number of anilines is 1. The first-order valence-corrected chi connectivity index (χ1v) is 27.2. The maximum absolute atomic E-state index is 13.7. The topological polar surface area (TPSA) is 226 Å². The second-order valence-electron chi connectivity index (χ2n) is 17.7. The number of piperidine rings is 2. The zero-order valence-electron chi connectivity index (χ0n) is 41.1. The first-order valence-electron chi connectivity index (χ1n) is 22.9. The predicted molar refractivity (Wildman–Crippen MR) is 253 cm³/mol. The summed E-state index contributed by atoms with van der Waals surface area (Å²) in [7, 11) is -17.1. The first kappa shape index (κ1) is 59.1. The molecule has 0 radical (unpaired) electrons. The van der Waals surface area contributed by atoms with Gasteiger partial charge in [0, 0.05) is 51.5 Å². The van der Waals surface area contributed by atoms with Crippen molar-refractivity contribution in [2.24, 2.45) is 0 Å². The third-order valence-electron chi connectivity index (χ3n) is 11.5. The highest BCUT2D eigenvalue weighted by Gasteiger charge is 2.51. The van der Waals surface area contributed by atoms with Gasteiger partial charge in [0.2, 0.25) is 23.5 Å². The Balaban J connectivity index is 0.000000229. The molecule has 78 heavy (non-hydrogen) atoms. The Kier molecular flexibility index (Phi) is 16.9. The van der Waals surface area contributed by atoms with Crippen LogP contribution < -0.4 is 26.9 Å². The van der Waals surface area contributed by atoms with E-state index < -0.39 is 99.0 Å². The Morgan fingerprint density at radius 1 is 0.551 bits per heavy atom. The number of aromatic nitrogens is 6. The van der Waals surface area contributed by atoms with E-state index in [1.165, 1.54) is 48.9 Å². The van der Waals surface area contributed by atoms with E-state index in [4.69, 9.17) is 14.2 Å². The van der Waals surface area contributed by atoms with E-state index in [1.54, 1.807) is 21.0 Å². The minimum absolute atomic E-state index is 0.00546. The maximum atomic E-state index is 13.7. The first-order chi connectivity index (χ1) is 36.2. The summed E-state index contributed by atoms with van der Waals surface area (Å²) in [5, 5.41) is 8.07. The number of likely N-dealkylation sites (tertiary alicyclic amines) is 1. The molecule has 8 rings (SSSR count). The molecule has 2 saturated heterocycles. The molecule has 20 nitrogen and oxygen atoms in total. The van der Waals surface area contributed by atoms with Crippen LogP contribution in [0.15, 0.2) is 60.7 Å². The molecule has 2 aromatic carbocycles. The van der Waals surface area contributed by atoms with Gasteiger partial charge < -0.3 is 36.6 Å². The molecule has 2 aliphatic heterocycles. The molecule has 0 spiro atoms. The zero-order chi connectivity index (χ0) is 57.5. The Morgan fingerprint density at radius 3 is 1.36 bits per heavy atom. The number of benzene rings is 2. The average Bonchev–Trinajstić information content (AvgIpc) is 4.01. The van der Waals surface area contributed by atoms with Crippen molar-refractivity contribution in [3.8, 4) is 40.6 Å². The molecule has 2 fully saturated rings. The van der Waals surface area contributed by atoms with Crippen LogP contribution in [0, 0.1) is 11.6 Å². The summed E-state index contributed by atoms with van der Waals surface area (Å²) in [5.74, 6) is -5.34. The maximum Gasteiger partial charge on any atom is 0.534 e. The van der Waals surface area contributed by atoms with Gasteiger partial charge in [-0.15, -0.1) is 10.2 Å². The molecule has 6 heterocycles. The molecule has 0 amide bonds. The second-order valence-corrected chi connectivity index (χ2v) is 22.3. The van der Waals surface area contributed by atoms with Gasteiger partial charge in [0.05, 0.1) is 35.4 Å². The monoisotopic (exact) mass is 1180 g/mol. The number of halogens is 11. The van der Waals surface area contributed by atoms with Crippen molar-refractivity contribution >= 4 is 58.1 Å². The van der Waals surface area contributed by atoms with Gasteiger partial charge >= 0.3 is 46.9 Å². The molecule has 0 aliphatic carbocycles. The lowest BCUT2D eigenvalue weighted by Gasteiger charge is -2.42. The van der Waals surface area contributed by atoms with Crippen molar-refractivity contribution in [3.05, 3.63) is 72.3 Å². The molecular weight excluding hydrogens is 1140 g/mol. The fraction of sp³-hybridized carbons (Fsp3) is 0.455. The van der Waals surface area contributed by atoms with E-state index >= 15 is 0 Å². The molecule has 6 aromatic rings. The summed E-state index contributed by atoms with van der Waals surface area (Å²) in [6.45, 7) is 9.40. The lowest BCUT2D eigenvalue weighted by Crippen LogP contribution is -2.48. The number of rotatable bonds is 15. The number of ether oxygens (including phenoxy) is 3. The number of nitrogens with zero attached hydrogens (tertiary/aromatic N) is 8. The standard InChI is InChI=1S/C27H33F4N5O5S.C17H12F7N3O7S2/c1-17(2)40-26-24-22(35-12-8-19(9-13-35)34-14-10-21(39-3)11-15-34)16-23(41-42(37,38)27(29,30)31)32-25(24)36(33-26)20-6-4-18(28)5-7-20;1-8(2)32-15-13-11(33-35(28,29)16(19,20)21)7-12(34-36(30,31)17(22,23)24)25-14(13)27(26-15)10-5-3-9(18)4-6-10/h4-7,16-17,19,21H,8-15H2,1-3H3;3-8H,1-2H3. The highest BCUT2D eigenvalue weighted by molar-refractivity contribution is 7.88. The highest BCUT2D eigenvalue weighted by Crippen LogP contribution is 2.43. The van der Waals surface area contributed by atoms with Crippen LogP contribution in [0.1, 0.15) is 53.4 Å². The summed E-state index contributed by atoms with van der Waals surface area (Å²) in [6, 6.07) is 10.7. The third-order valence-corrected chi connectivity index (χ3v) is 14.4. The largest absolute Gasteiger partial charge is 0.534 e. The van der Waals surface area contributed by atoms with Gasteiger partial charge in [-0.1, -0.05) is 0 Å². The van der Waals surface area contributed by atoms with E-state index in [0.717, 1.165) is 63.0 Å². The molecular formula is C44H45F11N8O12S3. The average molecular weight is 1180 g/mol. The number of pyridine rings is 2. The van der Waals surface area contributed by atoms with E-state index in [2.05, 4.69) is 37.6 Å². The predicted octanol–water partition coefficient (Wildman–Crippen LogP) is 8.46. The van der Waals surface area contributed by atoms with Crippen LogP contribution in [0.4, 0.5) is 54.0 Å². The molecule has 0 saturated carbocycles. The SMILES string of the molecule is CC(C)Oc1nn(-c2ccc(F)cc2)c2nc(OS(=O)(=O)C(F)(F)F)cc(OS(=O)(=O)C(F)(F)F)c12.COC1CCN(C2CCN(c3cc(OS(=O)(=O)C(F)(F)F)nc4c3c(OC(C)C)nn4-c3ccc(F)cc3)CC2)CC1. The lowest BCUT2D eigenvalue weighted by atomic mass is 9.98. The Hall–Kier alpha value is -6.52. The van der Waals surface area contributed by atoms with Gasteiger partial charge in [0.15, 0.2) is 17.0 Å². The molecule has 428 valence electrons. The number of hydrogen-bond donors (Lipinski definition) is 0. The Labute approximate surface area is 436 Å². The van der Waals surface area contributed by atoms with Crippen LogP contribution in [0.2, 0.25) is 0 Å². The van der Waals surface area contributed by atoms with Crippen LogP contribution >= 0.6 is 0 Å². The normalized spacial score (nSPS) is 15.9. The number of fused-ring (bicyclic) bond motifs is 2. The summed E-state index contributed by atoms with van der Waals surface area (Å²) in [5.41, 5.74) is -17.7. The second kappa shape index (κ2) is 22.3. The fourth-order valence-electron chi connectivity index (χ4n) is 8.04. The number of hydrogen-bond acceptors (Lipinski definition) is 18. The Morgan fingerprint density at radius 2 is 0.949 bits per heavy atom. The van der Waals surface area contributed by atoms with Gasteiger partial charge in [-0.2, -0.15) is 74.7 Å². The molecule has 4 aromatic heterocycles. The third kappa shape index (κ3) is 13.1. The van der Waals surface area contributed by atoms with E-state index in [-0.39, 0.29) is 35.5 Å². The van der Waals surface area contributed by atoms with E-state index in [1.807, 2.05) is 4.90 Å². The minimum Gasteiger partial charge on any atom is -0.473 e. The highest BCUT2D eigenvalue weighted by atomic mass is 32.2. The smallest absolute Gasteiger partial charge is 0.473 e. The summed E-state index contributed by atoms with van der Waals surface area (Å²) in [4.78, 5) is 12.1. The molecule has 0 unspecified atom stereocenters. The molecule has 0 atom stereocenters. The molecule has 0 N–H and O–H groups in total. The quantitative estimate of drug-likeness (QED) is 0.0534. The molecule has 34 heteroatoms. The minimum atomic E-state index is -6.43. The number of alkyl halides is 9. The summed E-state index contributed by atoms with van der Waals surface area (Å²) < 4.78 is 245. The van der Waals surface area contributed by atoms with Crippen LogP contribution in [0.5, 0.6) is 29.3 Å². The summed E-state index contributed by atoms with van der Waals surface area (Å²) >= 11 is 0. The van der Waals surface area contributed by atoms with Crippen LogP contribution in [-0.2, 0) is 35.1 Å². The van der Waals surface area contributed by atoms with Crippen molar-refractivity contribution in [2.75, 3.05) is 38.2 Å². The van der Waals surface area contributed by atoms with Gasteiger partial charge in [-0.25, -0.2) is 18.1 Å². The van der Waals surface area contributed by atoms with Crippen molar-refractivity contribution in [1.29, 1.82) is 0 Å². The van der Waals surface area contributed by atoms with E-state index in [9.17, 15) is 73.5 Å². The number of methoxy groups -OCH3 is 1. The van der Waals surface area contributed by atoms with Crippen molar-refractivity contribution in [3.63, 3.8) is 0 Å². The Bertz CT molecular complexity index is 3460. The zero-order valence-corrected chi connectivity index (χ0v) is 43.5. The van der Waals surface area contributed by atoms with Gasteiger partial charge in [0.25, 0.3) is 0 Å². The summed E-state index contributed by atoms with van der Waals surface area (Å²) in [6.07, 6.45) is 2.67. The fourth-order valence-corrected chi connectivity index (χ4v) is 9.31. The van der Waals surface area contributed by atoms with Crippen molar-refractivity contribution in [1.82, 2.24) is 34.4 Å². The van der Waals surface area contributed by atoms with Crippen molar-refractivity contribution in [2.45, 2.75) is 94.3 Å². The van der Waals surface area contributed by atoms with Gasteiger partial charge in [-0.3, -0.25) is 0 Å². The lowest BCUT2D eigenvalue weighted by molar-refractivity contribution is -0.0506. The molecule has 0 bridgehead atoms. The van der Waals surface area contributed by atoms with E-state index in [0.29, 0.717) is 40.6 Å². The van der Waals surface area contributed by atoms with Crippen LogP contribution in [0.3, 0.4) is 0 Å². The van der Waals surface area contributed by atoms with Gasteiger partial charge in [0.1, 0.15) is 22.4 Å². The molecule has 2 aliphatic rings.